The molecule has 4 heteroatoms. The lowest BCUT2D eigenvalue weighted by Gasteiger charge is -2.20. The van der Waals surface area contributed by atoms with Gasteiger partial charge in [0.15, 0.2) is 0 Å². The summed E-state index contributed by atoms with van der Waals surface area (Å²) in [7, 11) is 0. The Morgan fingerprint density at radius 2 is 1.87 bits per heavy atom. The number of aromatic nitrogens is 3. The molecule has 0 saturated carbocycles. The van der Waals surface area contributed by atoms with Gasteiger partial charge in [0.05, 0.1) is 5.69 Å². The van der Waals surface area contributed by atoms with E-state index >= 15 is 0 Å². The number of rotatable bonds is 2. The first kappa shape index (κ1) is 9.73. The molecule has 0 amide bonds. The van der Waals surface area contributed by atoms with Crippen molar-refractivity contribution >= 4 is 0 Å². The summed E-state index contributed by atoms with van der Waals surface area (Å²) in [5.41, 5.74) is -0.149. The van der Waals surface area contributed by atoms with Gasteiger partial charge in [-0.3, -0.25) is 4.98 Å². The predicted octanol–water partition coefficient (Wildman–Crippen LogP) is 1.13. The Balaban J connectivity index is 2.44. The fraction of sp³-hybridized carbons (Fsp3) is 0.182. The minimum absolute atomic E-state index is 0.490. The van der Waals surface area contributed by atoms with Crippen molar-refractivity contribution in [2.75, 3.05) is 0 Å². The van der Waals surface area contributed by atoms with Gasteiger partial charge in [0.25, 0.3) is 0 Å². The van der Waals surface area contributed by atoms with Gasteiger partial charge in [0, 0.05) is 12.4 Å². The first-order chi connectivity index (χ1) is 7.21. The van der Waals surface area contributed by atoms with Crippen molar-refractivity contribution in [1.29, 1.82) is 0 Å². The summed E-state index contributed by atoms with van der Waals surface area (Å²) >= 11 is 0. The molecule has 0 aromatic carbocycles. The lowest BCUT2D eigenvalue weighted by Crippen LogP contribution is -2.25. The standard InChI is InChI=1S/C11H11N3O/c1-11(15,9-5-2-3-7-12-9)10-6-4-8-13-14-10/h2-8,15H,1H3. The van der Waals surface area contributed by atoms with Gasteiger partial charge < -0.3 is 5.11 Å². The number of aliphatic hydroxyl groups is 1. The fourth-order valence-electron chi connectivity index (χ4n) is 1.34. The average molecular weight is 201 g/mol. The van der Waals surface area contributed by atoms with Gasteiger partial charge in [-0.1, -0.05) is 6.07 Å². The van der Waals surface area contributed by atoms with E-state index in [2.05, 4.69) is 15.2 Å². The van der Waals surface area contributed by atoms with Crippen LogP contribution in [0.4, 0.5) is 0 Å². The maximum Gasteiger partial charge on any atom is 0.147 e. The highest BCUT2D eigenvalue weighted by Gasteiger charge is 2.28. The van der Waals surface area contributed by atoms with E-state index in [4.69, 9.17) is 0 Å². The molecule has 0 bridgehead atoms. The Morgan fingerprint density at radius 1 is 1.07 bits per heavy atom. The third kappa shape index (κ3) is 1.85. The highest BCUT2D eigenvalue weighted by Crippen LogP contribution is 2.24. The first-order valence-corrected chi connectivity index (χ1v) is 4.63. The highest BCUT2D eigenvalue weighted by atomic mass is 16.3. The smallest absolute Gasteiger partial charge is 0.147 e. The van der Waals surface area contributed by atoms with Crippen molar-refractivity contribution in [3.63, 3.8) is 0 Å². The number of hydrogen-bond donors (Lipinski definition) is 1. The molecule has 1 atom stereocenters. The van der Waals surface area contributed by atoms with E-state index in [0.29, 0.717) is 11.4 Å². The lowest BCUT2D eigenvalue weighted by molar-refractivity contribution is 0.0916. The van der Waals surface area contributed by atoms with E-state index < -0.39 is 5.60 Å². The van der Waals surface area contributed by atoms with Gasteiger partial charge in [0.2, 0.25) is 0 Å². The minimum atomic E-state index is -1.20. The van der Waals surface area contributed by atoms with E-state index in [1.54, 1.807) is 43.6 Å². The lowest BCUT2D eigenvalue weighted by atomic mass is 9.97. The number of pyridine rings is 1. The predicted molar refractivity (Wildman–Crippen MR) is 54.9 cm³/mol. The minimum Gasteiger partial charge on any atom is -0.377 e. The van der Waals surface area contributed by atoms with Crippen LogP contribution in [0.3, 0.4) is 0 Å². The maximum absolute atomic E-state index is 10.3. The molecule has 0 radical (unpaired) electrons. The average Bonchev–Trinajstić information content (AvgIpc) is 2.31. The van der Waals surface area contributed by atoms with E-state index in [1.165, 1.54) is 0 Å². The molecule has 0 fully saturated rings. The molecule has 15 heavy (non-hydrogen) atoms. The van der Waals surface area contributed by atoms with Crippen LogP contribution in [0.5, 0.6) is 0 Å². The van der Waals surface area contributed by atoms with Gasteiger partial charge in [-0.2, -0.15) is 10.2 Å². The third-order valence-corrected chi connectivity index (χ3v) is 2.23. The second-order valence-electron chi connectivity index (χ2n) is 3.40. The largest absolute Gasteiger partial charge is 0.377 e. The molecular formula is C11H11N3O. The summed E-state index contributed by atoms with van der Waals surface area (Å²) in [6, 6.07) is 8.85. The number of hydrogen-bond acceptors (Lipinski definition) is 4. The summed E-state index contributed by atoms with van der Waals surface area (Å²) in [5, 5.41) is 17.9. The summed E-state index contributed by atoms with van der Waals surface area (Å²) < 4.78 is 0. The highest BCUT2D eigenvalue weighted by molar-refractivity contribution is 5.24. The number of nitrogens with zero attached hydrogens (tertiary/aromatic N) is 3. The van der Waals surface area contributed by atoms with E-state index in [9.17, 15) is 5.11 Å². The van der Waals surface area contributed by atoms with Gasteiger partial charge in [0.1, 0.15) is 11.3 Å². The normalized spacial score (nSPS) is 14.5. The van der Waals surface area contributed by atoms with E-state index in [1.807, 2.05) is 6.07 Å². The van der Waals surface area contributed by atoms with Gasteiger partial charge in [-0.15, -0.1) is 0 Å². The SMILES string of the molecule is CC(O)(c1ccccn1)c1cccnn1. The Bertz CT molecular complexity index is 387. The molecule has 0 saturated heterocycles. The molecule has 1 N–H and O–H groups in total. The van der Waals surface area contributed by atoms with Crippen LogP contribution in [0, 0.1) is 0 Å². The van der Waals surface area contributed by atoms with Crippen molar-refractivity contribution in [2.45, 2.75) is 12.5 Å². The molecule has 0 spiro atoms. The van der Waals surface area contributed by atoms with Crippen LogP contribution in [0.25, 0.3) is 0 Å². The molecule has 2 rings (SSSR count). The van der Waals surface area contributed by atoms with Crippen molar-refractivity contribution in [3.8, 4) is 0 Å². The molecule has 0 aliphatic carbocycles. The second-order valence-corrected chi connectivity index (χ2v) is 3.40. The molecule has 2 aromatic heterocycles. The Hall–Kier alpha value is -1.81. The Kier molecular flexibility index (Phi) is 2.43. The third-order valence-electron chi connectivity index (χ3n) is 2.23. The Labute approximate surface area is 87.6 Å². The van der Waals surface area contributed by atoms with Crippen molar-refractivity contribution in [3.05, 3.63) is 54.1 Å². The summed E-state index contributed by atoms with van der Waals surface area (Å²) in [6.45, 7) is 1.65. The molecule has 76 valence electrons. The quantitative estimate of drug-likeness (QED) is 0.791. The molecule has 4 nitrogen and oxygen atoms in total. The van der Waals surface area contributed by atoms with Gasteiger partial charge >= 0.3 is 0 Å². The Morgan fingerprint density at radius 3 is 2.47 bits per heavy atom. The van der Waals surface area contributed by atoms with Gasteiger partial charge in [-0.25, -0.2) is 0 Å². The van der Waals surface area contributed by atoms with Crippen molar-refractivity contribution < 1.29 is 5.11 Å². The molecule has 0 aliphatic heterocycles. The van der Waals surface area contributed by atoms with Crippen LogP contribution in [0.1, 0.15) is 18.3 Å². The molecule has 1 unspecified atom stereocenters. The van der Waals surface area contributed by atoms with Crippen LogP contribution in [0.15, 0.2) is 42.7 Å². The molecule has 0 aliphatic rings. The monoisotopic (exact) mass is 201 g/mol. The van der Waals surface area contributed by atoms with E-state index in [-0.39, 0.29) is 0 Å². The zero-order valence-corrected chi connectivity index (χ0v) is 8.33. The second kappa shape index (κ2) is 3.74. The molecule has 2 heterocycles. The van der Waals surface area contributed by atoms with Crippen LogP contribution >= 0.6 is 0 Å². The van der Waals surface area contributed by atoms with Gasteiger partial charge in [-0.05, 0) is 31.2 Å². The maximum atomic E-state index is 10.3. The summed E-state index contributed by atoms with van der Waals surface area (Å²) in [4.78, 5) is 4.11. The van der Waals surface area contributed by atoms with Crippen LogP contribution in [-0.2, 0) is 5.60 Å². The van der Waals surface area contributed by atoms with Crippen LogP contribution in [0.2, 0.25) is 0 Å². The fourth-order valence-corrected chi connectivity index (χ4v) is 1.34. The van der Waals surface area contributed by atoms with Crippen molar-refractivity contribution in [1.82, 2.24) is 15.2 Å². The summed E-state index contributed by atoms with van der Waals surface area (Å²) in [6.07, 6.45) is 3.21. The van der Waals surface area contributed by atoms with Crippen LogP contribution < -0.4 is 0 Å². The van der Waals surface area contributed by atoms with E-state index in [0.717, 1.165) is 0 Å². The zero-order valence-electron chi connectivity index (χ0n) is 8.33. The molecule has 2 aromatic rings. The first-order valence-electron chi connectivity index (χ1n) is 4.63. The topological polar surface area (TPSA) is 58.9 Å². The molecular weight excluding hydrogens is 190 g/mol. The summed E-state index contributed by atoms with van der Waals surface area (Å²) in [5.74, 6) is 0. The van der Waals surface area contributed by atoms with Crippen molar-refractivity contribution in [2.24, 2.45) is 0 Å². The van der Waals surface area contributed by atoms with Crippen LogP contribution in [-0.4, -0.2) is 20.3 Å². The zero-order chi connectivity index (χ0) is 10.7.